The molecule has 0 spiro atoms. The molecule has 0 saturated heterocycles. The van der Waals surface area contributed by atoms with Crippen molar-refractivity contribution in [3.8, 4) is 0 Å². The molecule has 130 valence electrons. The second-order valence-corrected chi connectivity index (χ2v) is 7.92. The first-order chi connectivity index (χ1) is 11.9. The number of benzene rings is 2. The van der Waals surface area contributed by atoms with E-state index in [2.05, 4.69) is 31.9 Å². The number of carbonyl (C=O) groups excluding carboxylic acids is 2. The maximum atomic E-state index is 12.9. The Kier molecular flexibility index (Phi) is 5.14. The van der Waals surface area contributed by atoms with Gasteiger partial charge in [-0.1, -0.05) is 50.9 Å². The molecule has 0 unspecified atom stereocenters. The summed E-state index contributed by atoms with van der Waals surface area (Å²) in [5, 5.41) is 11.2. The zero-order valence-corrected chi connectivity index (χ0v) is 16.8. The monoisotopic (exact) mass is 465 g/mol. The summed E-state index contributed by atoms with van der Waals surface area (Å²) >= 11 is 6.71. The number of Topliss-reactive ketones (excluding diaryl/α,β-unsaturated/α-hetero) is 1. The molecule has 0 radical (unpaired) electrons. The fraction of sp³-hybridized carbons (Fsp3) is 0.263. The molecule has 2 aromatic rings. The summed E-state index contributed by atoms with van der Waals surface area (Å²) in [5.74, 6) is -0.708. The number of hydrogen-bond acceptors (Lipinski definition) is 3. The lowest BCUT2D eigenvalue weighted by molar-refractivity contribution is -0.135. The third-order valence-corrected chi connectivity index (χ3v) is 5.35. The van der Waals surface area contributed by atoms with E-state index >= 15 is 0 Å². The Bertz CT molecular complexity index is 835. The number of hydrogen-bond donors (Lipinski definition) is 1. The molecule has 2 aromatic carbocycles. The molecule has 1 N–H and O–H groups in total. The van der Waals surface area contributed by atoms with Crippen LogP contribution in [0, 0.1) is 0 Å². The Morgan fingerprint density at radius 3 is 2.40 bits per heavy atom. The summed E-state index contributed by atoms with van der Waals surface area (Å²) in [4.78, 5) is 27.1. The van der Waals surface area contributed by atoms with E-state index < -0.39 is 11.5 Å². The van der Waals surface area contributed by atoms with Crippen LogP contribution in [-0.2, 0) is 10.4 Å². The van der Waals surface area contributed by atoms with E-state index in [1.165, 1.54) is 0 Å². The van der Waals surface area contributed by atoms with Crippen LogP contribution in [0.4, 0.5) is 5.69 Å². The first-order valence-electron chi connectivity index (χ1n) is 8.00. The average molecular weight is 467 g/mol. The Labute approximate surface area is 163 Å². The van der Waals surface area contributed by atoms with Gasteiger partial charge in [-0.15, -0.1) is 0 Å². The Balaban J connectivity index is 1.99. The van der Waals surface area contributed by atoms with Gasteiger partial charge in [-0.05, 0) is 36.8 Å². The van der Waals surface area contributed by atoms with Gasteiger partial charge in [0.1, 0.15) is 0 Å². The minimum atomic E-state index is -1.83. The molecule has 0 fully saturated rings. The quantitative estimate of drug-likeness (QED) is 0.663. The van der Waals surface area contributed by atoms with Crippen LogP contribution in [-0.4, -0.2) is 23.3 Å². The summed E-state index contributed by atoms with van der Waals surface area (Å²) in [5.41, 5.74) is -0.222. The van der Waals surface area contributed by atoms with Gasteiger partial charge < -0.3 is 10.0 Å². The molecule has 0 saturated carbocycles. The van der Waals surface area contributed by atoms with Gasteiger partial charge in [0.15, 0.2) is 11.4 Å². The number of carbonyl (C=O) groups is 2. The molecule has 25 heavy (non-hydrogen) atoms. The van der Waals surface area contributed by atoms with Crippen molar-refractivity contribution in [1.29, 1.82) is 0 Å². The molecule has 1 amide bonds. The predicted octanol–water partition coefficient (Wildman–Crippen LogP) is 4.43. The van der Waals surface area contributed by atoms with Crippen molar-refractivity contribution in [2.24, 2.45) is 0 Å². The fourth-order valence-electron chi connectivity index (χ4n) is 3.11. The van der Waals surface area contributed by atoms with Gasteiger partial charge in [0.25, 0.3) is 5.91 Å². The van der Waals surface area contributed by atoms with Crippen LogP contribution >= 0.6 is 31.9 Å². The van der Waals surface area contributed by atoms with Crippen LogP contribution in [0.2, 0.25) is 0 Å². The highest BCUT2D eigenvalue weighted by molar-refractivity contribution is 9.10. The zero-order valence-electron chi connectivity index (χ0n) is 13.6. The van der Waals surface area contributed by atoms with Gasteiger partial charge in [-0.3, -0.25) is 9.59 Å². The molecule has 6 heteroatoms. The van der Waals surface area contributed by atoms with E-state index in [0.717, 1.165) is 15.4 Å². The normalized spacial score (nSPS) is 19.2. The number of anilines is 1. The minimum absolute atomic E-state index is 0.271. The molecule has 0 bridgehead atoms. The minimum Gasteiger partial charge on any atom is -0.375 e. The summed E-state index contributed by atoms with van der Waals surface area (Å²) in [7, 11) is 0. The number of ketones is 1. The number of halogens is 2. The number of fused-ring (bicyclic) bond motifs is 1. The van der Waals surface area contributed by atoms with Gasteiger partial charge in [0.2, 0.25) is 0 Å². The molecule has 1 heterocycles. The van der Waals surface area contributed by atoms with Crippen molar-refractivity contribution < 1.29 is 14.7 Å². The van der Waals surface area contributed by atoms with Gasteiger partial charge in [-0.2, -0.15) is 0 Å². The van der Waals surface area contributed by atoms with Gasteiger partial charge in [0, 0.05) is 26.6 Å². The Morgan fingerprint density at radius 1 is 1.12 bits per heavy atom. The Hall–Kier alpha value is -1.50. The smallest absolute Gasteiger partial charge is 0.264 e. The molecular weight excluding hydrogens is 450 g/mol. The van der Waals surface area contributed by atoms with Crippen LogP contribution in [0.1, 0.15) is 35.7 Å². The summed E-state index contributed by atoms with van der Waals surface area (Å²) < 4.78 is 1.62. The lowest BCUT2D eigenvalue weighted by Crippen LogP contribution is -2.42. The van der Waals surface area contributed by atoms with Crippen LogP contribution in [0.5, 0.6) is 0 Å². The standard InChI is InChI=1S/C19H17Br2NO3/c1-2-9-22-16-8-7-14(21)10-15(16)19(25,18(22)24)11-17(23)12-3-5-13(20)6-4-12/h3-8,10,25H,2,9,11H2,1H3/t19-/m1/s1. The summed E-state index contributed by atoms with van der Waals surface area (Å²) in [6.45, 7) is 2.47. The highest BCUT2D eigenvalue weighted by atomic mass is 79.9. The molecule has 0 aromatic heterocycles. The second-order valence-electron chi connectivity index (χ2n) is 6.09. The third kappa shape index (κ3) is 3.30. The van der Waals surface area contributed by atoms with Crippen LogP contribution in [0.15, 0.2) is 51.4 Å². The lowest BCUT2D eigenvalue weighted by Gasteiger charge is -2.22. The van der Waals surface area contributed by atoms with E-state index in [9.17, 15) is 14.7 Å². The number of amides is 1. The van der Waals surface area contributed by atoms with Crippen molar-refractivity contribution in [1.82, 2.24) is 0 Å². The van der Waals surface area contributed by atoms with E-state index in [-0.39, 0.29) is 12.2 Å². The third-order valence-electron chi connectivity index (χ3n) is 4.32. The average Bonchev–Trinajstić information content (AvgIpc) is 2.77. The lowest BCUT2D eigenvalue weighted by atomic mass is 9.88. The maximum absolute atomic E-state index is 12.9. The first-order valence-corrected chi connectivity index (χ1v) is 9.58. The second kappa shape index (κ2) is 7.02. The highest BCUT2D eigenvalue weighted by Gasteiger charge is 2.50. The van der Waals surface area contributed by atoms with E-state index in [4.69, 9.17) is 0 Å². The summed E-state index contributed by atoms with van der Waals surface area (Å²) in [6.07, 6.45) is 0.481. The SMILES string of the molecule is CCCN1C(=O)[C@@](O)(CC(=O)c2ccc(Br)cc2)c2cc(Br)ccc21. The molecule has 3 rings (SSSR count). The van der Waals surface area contributed by atoms with E-state index in [0.29, 0.717) is 23.4 Å². The van der Waals surface area contributed by atoms with Crippen LogP contribution in [0.3, 0.4) is 0 Å². The van der Waals surface area contributed by atoms with E-state index in [1.807, 2.05) is 13.0 Å². The maximum Gasteiger partial charge on any atom is 0.264 e. The van der Waals surface area contributed by atoms with Crippen molar-refractivity contribution in [2.45, 2.75) is 25.4 Å². The van der Waals surface area contributed by atoms with E-state index in [1.54, 1.807) is 41.3 Å². The fourth-order valence-corrected chi connectivity index (χ4v) is 3.73. The van der Waals surface area contributed by atoms with Gasteiger partial charge in [0.05, 0.1) is 12.1 Å². The van der Waals surface area contributed by atoms with Crippen molar-refractivity contribution in [3.63, 3.8) is 0 Å². The van der Waals surface area contributed by atoms with Gasteiger partial charge in [-0.25, -0.2) is 0 Å². The van der Waals surface area contributed by atoms with Crippen LogP contribution in [0.25, 0.3) is 0 Å². The molecule has 1 aliphatic heterocycles. The first kappa shape index (κ1) is 18.3. The molecule has 0 aliphatic carbocycles. The van der Waals surface area contributed by atoms with Crippen molar-refractivity contribution in [2.75, 3.05) is 11.4 Å². The highest BCUT2D eigenvalue weighted by Crippen LogP contribution is 2.44. The number of aliphatic hydroxyl groups is 1. The topological polar surface area (TPSA) is 57.6 Å². The van der Waals surface area contributed by atoms with Gasteiger partial charge >= 0.3 is 0 Å². The Morgan fingerprint density at radius 2 is 1.76 bits per heavy atom. The predicted molar refractivity (Wildman–Crippen MR) is 104 cm³/mol. The van der Waals surface area contributed by atoms with Crippen molar-refractivity contribution in [3.05, 3.63) is 62.5 Å². The van der Waals surface area contributed by atoms with Crippen LogP contribution < -0.4 is 4.90 Å². The largest absolute Gasteiger partial charge is 0.375 e. The molecular formula is C19H17Br2NO3. The molecule has 1 atom stereocenters. The molecule has 4 nitrogen and oxygen atoms in total. The summed E-state index contributed by atoms with van der Waals surface area (Å²) in [6, 6.07) is 12.2. The van der Waals surface area contributed by atoms with Crippen molar-refractivity contribution >= 4 is 49.2 Å². The number of rotatable bonds is 5. The number of nitrogens with zero attached hydrogens (tertiary/aromatic N) is 1. The molecule has 1 aliphatic rings. The zero-order chi connectivity index (χ0) is 18.2.